The highest BCUT2D eigenvalue weighted by atomic mass is 16.1. The summed E-state index contributed by atoms with van der Waals surface area (Å²) in [6.45, 7) is 6.72. The molecule has 1 aliphatic heterocycles. The van der Waals surface area contributed by atoms with Crippen LogP contribution >= 0.6 is 0 Å². The molecule has 0 radical (unpaired) electrons. The number of piperidine rings is 1. The SMILES string of the molecule is CCCN1CCC(CNC(=O)C2CCC(N)C2)CC1. The average Bonchev–Trinajstić information content (AvgIpc) is 2.85. The van der Waals surface area contributed by atoms with Gasteiger partial charge in [0.05, 0.1) is 0 Å². The topological polar surface area (TPSA) is 58.4 Å². The first-order valence-corrected chi connectivity index (χ1v) is 7.94. The second-order valence-corrected chi connectivity index (χ2v) is 6.30. The third-order valence-corrected chi connectivity index (χ3v) is 4.66. The van der Waals surface area contributed by atoms with E-state index in [4.69, 9.17) is 5.73 Å². The Labute approximate surface area is 117 Å². The Balaban J connectivity index is 1.62. The minimum atomic E-state index is 0.176. The number of nitrogens with two attached hydrogens (primary N) is 1. The smallest absolute Gasteiger partial charge is 0.223 e. The summed E-state index contributed by atoms with van der Waals surface area (Å²) in [4.78, 5) is 14.6. The summed E-state index contributed by atoms with van der Waals surface area (Å²) in [5.74, 6) is 1.09. The van der Waals surface area contributed by atoms with Crippen LogP contribution in [0.2, 0.25) is 0 Å². The Morgan fingerprint density at radius 3 is 2.58 bits per heavy atom. The quantitative estimate of drug-likeness (QED) is 0.790. The monoisotopic (exact) mass is 267 g/mol. The molecule has 1 heterocycles. The minimum Gasteiger partial charge on any atom is -0.356 e. The number of hydrogen-bond donors (Lipinski definition) is 2. The van der Waals surface area contributed by atoms with Gasteiger partial charge in [0.15, 0.2) is 0 Å². The van der Waals surface area contributed by atoms with E-state index in [-0.39, 0.29) is 17.9 Å². The van der Waals surface area contributed by atoms with Crippen molar-refractivity contribution in [2.24, 2.45) is 17.6 Å². The predicted octanol–water partition coefficient (Wildman–Crippen LogP) is 1.35. The Hall–Kier alpha value is -0.610. The first kappa shape index (κ1) is 14.8. The molecule has 1 saturated heterocycles. The molecule has 2 unspecified atom stereocenters. The highest BCUT2D eigenvalue weighted by Gasteiger charge is 2.28. The molecule has 1 aliphatic carbocycles. The van der Waals surface area contributed by atoms with Crippen LogP contribution in [0.25, 0.3) is 0 Å². The number of amides is 1. The second kappa shape index (κ2) is 7.25. The van der Waals surface area contributed by atoms with Gasteiger partial charge in [-0.15, -0.1) is 0 Å². The lowest BCUT2D eigenvalue weighted by Gasteiger charge is -2.31. The molecule has 4 heteroatoms. The van der Waals surface area contributed by atoms with Gasteiger partial charge in [-0.25, -0.2) is 0 Å². The molecule has 0 bridgehead atoms. The third kappa shape index (κ3) is 4.46. The van der Waals surface area contributed by atoms with Crippen LogP contribution < -0.4 is 11.1 Å². The molecule has 19 heavy (non-hydrogen) atoms. The number of rotatable bonds is 5. The van der Waals surface area contributed by atoms with Gasteiger partial charge in [0.2, 0.25) is 5.91 Å². The van der Waals surface area contributed by atoms with Crippen molar-refractivity contribution >= 4 is 5.91 Å². The lowest BCUT2D eigenvalue weighted by Crippen LogP contribution is -2.40. The van der Waals surface area contributed by atoms with E-state index in [2.05, 4.69) is 17.1 Å². The van der Waals surface area contributed by atoms with Gasteiger partial charge in [0.25, 0.3) is 0 Å². The lowest BCUT2D eigenvalue weighted by atomic mass is 9.96. The van der Waals surface area contributed by atoms with Crippen molar-refractivity contribution in [3.05, 3.63) is 0 Å². The summed E-state index contributed by atoms with van der Waals surface area (Å²) >= 11 is 0. The zero-order chi connectivity index (χ0) is 13.7. The normalized spacial score (nSPS) is 29.6. The molecule has 3 N–H and O–H groups in total. The number of carbonyl (C=O) groups is 1. The summed E-state index contributed by atoms with van der Waals surface area (Å²) < 4.78 is 0. The summed E-state index contributed by atoms with van der Waals surface area (Å²) in [6.07, 6.45) is 6.55. The van der Waals surface area contributed by atoms with E-state index in [9.17, 15) is 4.79 Å². The lowest BCUT2D eigenvalue weighted by molar-refractivity contribution is -0.125. The van der Waals surface area contributed by atoms with Crippen LogP contribution in [-0.2, 0) is 4.79 Å². The van der Waals surface area contributed by atoms with Gasteiger partial charge >= 0.3 is 0 Å². The van der Waals surface area contributed by atoms with Crippen molar-refractivity contribution in [2.75, 3.05) is 26.2 Å². The molecular weight excluding hydrogens is 238 g/mol. The average molecular weight is 267 g/mol. The number of likely N-dealkylation sites (tertiary alicyclic amines) is 1. The Kier molecular flexibility index (Phi) is 5.64. The van der Waals surface area contributed by atoms with E-state index in [0.717, 1.165) is 25.8 Å². The van der Waals surface area contributed by atoms with Crippen molar-refractivity contribution in [1.82, 2.24) is 10.2 Å². The fourth-order valence-corrected chi connectivity index (χ4v) is 3.37. The van der Waals surface area contributed by atoms with Crippen LogP contribution in [0.1, 0.15) is 45.4 Å². The van der Waals surface area contributed by atoms with E-state index >= 15 is 0 Å². The highest BCUT2D eigenvalue weighted by molar-refractivity contribution is 5.78. The van der Waals surface area contributed by atoms with Gasteiger partial charge in [0, 0.05) is 18.5 Å². The molecule has 2 rings (SSSR count). The van der Waals surface area contributed by atoms with Crippen LogP contribution in [-0.4, -0.2) is 43.0 Å². The van der Waals surface area contributed by atoms with Crippen molar-refractivity contribution in [2.45, 2.75) is 51.5 Å². The number of carbonyl (C=O) groups excluding carboxylic acids is 1. The van der Waals surface area contributed by atoms with Crippen molar-refractivity contribution in [3.8, 4) is 0 Å². The highest BCUT2D eigenvalue weighted by Crippen LogP contribution is 2.24. The van der Waals surface area contributed by atoms with Crippen LogP contribution in [0.15, 0.2) is 0 Å². The standard InChI is InChI=1S/C15H29N3O/c1-2-7-18-8-5-12(6-9-18)11-17-15(19)13-3-4-14(16)10-13/h12-14H,2-11,16H2,1H3,(H,17,19). The van der Waals surface area contributed by atoms with Crippen molar-refractivity contribution in [3.63, 3.8) is 0 Å². The fraction of sp³-hybridized carbons (Fsp3) is 0.933. The van der Waals surface area contributed by atoms with Crippen LogP contribution in [0.3, 0.4) is 0 Å². The third-order valence-electron chi connectivity index (χ3n) is 4.66. The van der Waals surface area contributed by atoms with Crippen molar-refractivity contribution < 1.29 is 4.79 Å². The van der Waals surface area contributed by atoms with E-state index < -0.39 is 0 Å². The molecule has 0 spiro atoms. The zero-order valence-corrected chi connectivity index (χ0v) is 12.2. The van der Waals surface area contributed by atoms with Crippen molar-refractivity contribution in [1.29, 1.82) is 0 Å². The molecule has 0 aromatic heterocycles. The van der Waals surface area contributed by atoms with E-state index in [1.54, 1.807) is 0 Å². The van der Waals surface area contributed by atoms with E-state index in [1.807, 2.05) is 0 Å². The Morgan fingerprint density at radius 1 is 1.26 bits per heavy atom. The number of nitrogens with zero attached hydrogens (tertiary/aromatic N) is 1. The van der Waals surface area contributed by atoms with Gasteiger partial charge in [-0.3, -0.25) is 4.79 Å². The van der Waals surface area contributed by atoms with Crippen LogP contribution in [0.4, 0.5) is 0 Å². The molecule has 2 atom stereocenters. The summed E-state index contributed by atoms with van der Waals surface area (Å²) in [5.41, 5.74) is 5.86. The first-order chi connectivity index (χ1) is 9.19. The van der Waals surface area contributed by atoms with Gasteiger partial charge < -0.3 is 16.0 Å². The second-order valence-electron chi connectivity index (χ2n) is 6.30. The zero-order valence-electron chi connectivity index (χ0n) is 12.2. The number of nitrogens with one attached hydrogen (secondary N) is 1. The Bertz CT molecular complexity index is 287. The molecule has 0 aromatic rings. The molecule has 1 saturated carbocycles. The molecule has 110 valence electrons. The van der Waals surface area contributed by atoms with Crippen LogP contribution in [0.5, 0.6) is 0 Å². The van der Waals surface area contributed by atoms with Gasteiger partial charge in [0.1, 0.15) is 0 Å². The summed E-state index contributed by atoms with van der Waals surface area (Å²) in [5, 5.41) is 3.15. The molecule has 2 fully saturated rings. The molecule has 2 aliphatic rings. The van der Waals surface area contributed by atoms with Gasteiger partial charge in [-0.05, 0) is 64.1 Å². The number of hydrogen-bond acceptors (Lipinski definition) is 3. The minimum absolute atomic E-state index is 0.176. The van der Waals surface area contributed by atoms with Crippen LogP contribution in [0, 0.1) is 11.8 Å². The fourth-order valence-electron chi connectivity index (χ4n) is 3.37. The van der Waals surface area contributed by atoms with Gasteiger partial charge in [-0.1, -0.05) is 6.92 Å². The largest absolute Gasteiger partial charge is 0.356 e. The molecular formula is C15H29N3O. The predicted molar refractivity (Wildman–Crippen MR) is 77.8 cm³/mol. The molecule has 4 nitrogen and oxygen atoms in total. The molecule has 1 amide bonds. The molecule has 0 aromatic carbocycles. The van der Waals surface area contributed by atoms with E-state index in [0.29, 0.717) is 5.92 Å². The Morgan fingerprint density at radius 2 is 2.00 bits per heavy atom. The maximum Gasteiger partial charge on any atom is 0.223 e. The maximum atomic E-state index is 12.0. The summed E-state index contributed by atoms with van der Waals surface area (Å²) in [6, 6.07) is 0.244. The first-order valence-electron chi connectivity index (χ1n) is 7.94. The van der Waals surface area contributed by atoms with Gasteiger partial charge in [-0.2, -0.15) is 0 Å². The maximum absolute atomic E-state index is 12.0. The summed E-state index contributed by atoms with van der Waals surface area (Å²) in [7, 11) is 0. The van der Waals surface area contributed by atoms with E-state index in [1.165, 1.54) is 38.9 Å².